The van der Waals surface area contributed by atoms with Gasteiger partial charge in [0.2, 0.25) is 0 Å². The molecule has 1 amide bonds. The van der Waals surface area contributed by atoms with Gasteiger partial charge in [0.25, 0.3) is 5.91 Å². The fraction of sp³-hybridized carbons (Fsp3) is 0.286. The highest BCUT2D eigenvalue weighted by molar-refractivity contribution is 5.95. The summed E-state index contributed by atoms with van der Waals surface area (Å²) in [6.07, 6.45) is 3.57. The summed E-state index contributed by atoms with van der Waals surface area (Å²) < 4.78 is 4.90. The van der Waals surface area contributed by atoms with Gasteiger partial charge < -0.3 is 20.3 Å². The van der Waals surface area contributed by atoms with E-state index in [0.717, 1.165) is 0 Å². The molecule has 0 radical (unpaired) electrons. The molecule has 0 fully saturated rings. The van der Waals surface area contributed by atoms with Gasteiger partial charge in [-0.05, 0) is 24.6 Å². The zero-order valence-electron chi connectivity index (χ0n) is 10.9. The standard InChI is InChI=1S/C14H15NO5/c1-20-12-5-3-8(7-11(12)16)13(17)15-10-4-2-9(6-10)14(18)19/h2-5,7,9-10,16H,6H2,1H3,(H,15,17)(H,18,19). The number of aromatic hydroxyl groups is 1. The number of nitrogens with one attached hydrogen (secondary N) is 1. The monoisotopic (exact) mass is 277 g/mol. The number of carbonyl (C=O) groups excluding carboxylic acids is 1. The third-order valence-electron chi connectivity index (χ3n) is 3.16. The number of hydrogen-bond donors (Lipinski definition) is 3. The van der Waals surface area contributed by atoms with E-state index in [9.17, 15) is 14.7 Å². The molecule has 0 heterocycles. The number of phenols is 1. The average Bonchev–Trinajstić information content (AvgIpc) is 2.87. The third kappa shape index (κ3) is 2.90. The van der Waals surface area contributed by atoms with Gasteiger partial charge in [-0.25, -0.2) is 0 Å². The van der Waals surface area contributed by atoms with E-state index in [1.54, 1.807) is 12.2 Å². The van der Waals surface area contributed by atoms with E-state index in [4.69, 9.17) is 9.84 Å². The number of phenolic OH excluding ortho intramolecular Hbond substituents is 1. The van der Waals surface area contributed by atoms with Crippen molar-refractivity contribution in [3.8, 4) is 11.5 Å². The first-order valence-corrected chi connectivity index (χ1v) is 6.10. The van der Waals surface area contributed by atoms with Crippen LogP contribution in [0, 0.1) is 5.92 Å². The maximum absolute atomic E-state index is 12.0. The maximum atomic E-state index is 12.0. The minimum Gasteiger partial charge on any atom is -0.504 e. The number of amides is 1. The molecule has 3 N–H and O–H groups in total. The number of carbonyl (C=O) groups is 2. The predicted octanol–water partition coefficient (Wildman–Crippen LogP) is 1.16. The van der Waals surface area contributed by atoms with Crippen molar-refractivity contribution in [2.24, 2.45) is 5.92 Å². The minimum absolute atomic E-state index is 0.120. The summed E-state index contributed by atoms with van der Waals surface area (Å²) in [7, 11) is 1.42. The maximum Gasteiger partial charge on any atom is 0.310 e. The van der Waals surface area contributed by atoms with Crippen molar-refractivity contribution < 1.29 is 24.5 Å². The van der Waals surface area contributed by atoms with Crippen LogP contribution >= 0.6 is 0 Å². The van der Waals surface area contributed by atoms with E-state index in [-0.39, 0.29) is 29.0 Å². The van der Waals surface area contributed by atoms with Gasteiger partial charge in [-0.3, -0.25) is 9.59 Å². The molecule has 20 heavy (non-hydrogen) atoms. The molecule has 6 heteroatoms. The molecule has 1 aliphatic carbocycles. The molecule has 2 rings (SSSR count). The Bertz CT molecular complexity index is 567. The number of hydrogen-bond acceptors (Lipinski definition) is 4. The molecular formula is C14H15NO5. The van der Waals surface area contributed by atoms with Gasteiger partial charge in [-0.15, -0.1) is 0 Å². The Hall–Kier alpha value is -2.50. The molecule has 0 aromatic heterocycles. The SMILES string of the molecule is COc1ccc(C(=O)NC2C=CC(C(=O)O)C2)cc1O. The molecule has 1 aromatic carbocycles. The number of methoxy groups -OCH3 is 1. The topological polar surface area (TPSA) is 95.9 Å². The first-order valence-electron chi connectivity index (χ1n) is 6.10. The van der Waals surface area contributed by atoms with Crippen LogP contribution in [0.2, 0.25) is 0 Å². The molecule has 0 saturated heterocycles. The van der Waals surface area contributed by atoms with E-state index < -0.39 is 11.9 Å². The normalized spacial score (nSPS) is 20.6. The molecule has 0 bridgehead atoms. The summed E-state index contributed by atoms with van der Waals surface area (Å²) >= 11 is 0. The molecule has 1 aliphatic rings. The molecule has 2 unspecified atom stereocenters. The molecule has 1 aromatic rings. The quantitative estimate of drug-likeness (QED) is 0.718. The summed E-state index contributed by atoms with van der Waals surface area (Å²) in [5, 5.41) is 21.2. The van der Waals surface area contributed by atoms with Crippen LogP contribution in [-0.2, 0) is 4.79 Å². The van der Waals surface area contributed by atoms with Crippen LogP contribution in [0.1, 0.15) is 16.8 Å². The molecule has 2 atom stereocenters. The lowest BCUT2D eigenvalue weighted by molar-refractivity contribution is -0.140. The third-order valence-corrected chi connectivity index (χ3v) is 3.16. The summed E-state index contributed by atoms with van der Waals surface area (Å²) in [5.74, 6) is -1.67. The van der Waals surface area contributed by atoms with Crippen LogP contribution in [0.4, 0.5) is 0 Å². The Morgan fingerprint density at radius 3 is 2.65 bits per heavy atom. The van der Waals surface area contributed by atoms with Crippen LogP contribution in [0.5, 0.6) is 11.5 Å². The zero-order chi connectivity index (χ0) is 14.7. The van der Waals surface area contributed by atoms with Gasteiger partial charge in [0.05, 0.1) is 13.0 Å². The van der Waals surface area contributed by atoms with Crippen molar-refractivity contribution in [3.05, 3.63) is 35.9 Å². The van der Waals surface area contributed by atoms with Crippen molar-refractivity contribution in [2.45, 2.75) is 12.5 Å². The summed E-state index contributed by atoms with van der Waals surface area (Å²) in [4.78, 5) is 22.8. The van der Waals surface area contributed by atoms with Crippen LogP contribution in [0.25, 0.3) is 0 Å². The zero-order valence-corrected chi connectivity index (χ0v) is 10.9. The predicted molar refractivity (Wildman–Crippen MR) is 70.8 cm³/mol. The molecule has 0 aliphatic heterocycles. The first-order chi connectivity index (χ1) is 9.51. The lowest BCUT2D eigenvalue weighted by Crippen LogP contribution is -2.33. The number of carboxylic acids is 1. The Morgan fingerprint density at radius 2 is 2.10 bits per heavy atom. The second-order valence-electron chi connectivity index (χ2n) is 4.53. The molecular weight excluding hydrogens is 262 g/mol. The Balaban J connectivity index is 2.01. The number of benzene rings is 1. The number of ether oxygens (including phenoxy) is 1. The number of aliphatic carboxylic acids is 1. The van der Waals surface area contributed by atoms with Crippen molar-refractivity contribution in [3.63, 3.8) is 0 Å². The second kappa shape index (κ2) is 5.64. The number of carboxylic acid groups (broad SMARTS) is 1. The summed E-state index contributed by atoms with van der Waals surface area (Å²) in [6.45, 7) is 0. The van der Waals surface area contributed by atoms with Crippen LogP contribution in [0.3, 0.4) is 0 Å². The fourth-order valence-corrected chi connectivity index (χ4v) is 2.07. The highest BCUT2D eigenvalue weighted by Gasteiger charge is 2.25. The molecule has 0 spiro atoms. The molecule has 106 valence electrons. The van der Waals surface area contributed by atoms with E-state index in [0.29, 0.717) is 6.42 Å². The van der Waals surface area contributed by atoms with E-state index >= 15 is 0 Å². The van der Waals surface area contributed by atoms with Crippen LogP contribution in [-0.4, -0.2) is 35.2 Å². The van der Waals surface area contributed by atoms with Gasteiger partial charge in [0.1, 0.15) is 0 Å². The summed E-state index contributed by atoms with van der Waals surface area (Å²) in [6, 6.07) is 4.02. The second-order valence-corrected chi connectivity index (χ2v) is 4.53. The van der Waals surface area contributed by atoms with Crippen molar-refractivity contribution in [1.82, 2.24) is 5.32 Å². The largest absolute Gasteiger partial charge is 0.504 e. The van der Waals surface area contributed by atoms with Gasteiger partial charge in [-0.2, -0.15) is 0 Å². The minimum atomic E-state index is -0.903. The average molecular weight is 277 g/mol. The highest BCUT2D eigenvalue weighted by Crippen LogP contribution is 2.26. The Kier molecular flexibility index (Phi) is 3.93. The van der Waals surface area contributed by atoms with Crippen molar-refractivity contribution in [2.75, 3.05) is 7.11 Å². The molecule has 6 nitrogen and oxygen atoms in total. The van der Waals surface area contributed by atoms with Gasteiger partial charge in [0, 0.05) is 11.6 Å². The van der Waals surface area contributed by atoms with E-state index in [1.165, 1.54) is 25.3 Å². The number of rotatable bonds is 4. The van der Waals surface area contributed by atoms with E-state index in [1.807, 2.05) is 0 Å². The van der Waals surface area contributed by atoms with Gasteiger partial charge >= 0.3 is 5.97 Å². The smallest absolute Gasteiger partial charge is 0.310 e. The highest BCUT2D eigenvalue weighted by atomic mass is 16.5. The lowest BCUT2D eigenvalue weighted by atomic mass is 10.1. The summed E-state index contributed by atoms with van der Waals surface area (Å²) in [5.41, 5.74) is 0.287. The lowest BCUT2D eigenvalue weighted by Gasteiger charge is -2.12. The van der Waals surface area contributed by atoms with Crippen LogP contribution in [0.15, 0.2) is 30.4 Å². The molecule has 0 saturated carbocycles. The van der Waals surface area contributed by atoms with E-state index in [2.05, 4.69) is 5.32 Å². The Labute approximate surface area is 115 Å². The van der Waals surface area contributed by atoms with Crippen LogP contribution < -0.4 is 10.1 Å². The Morgan fingerprint density at radius 1 is 1.35 bits per heavy atom. The first kappa shape index (κ1) is 13.9. The van der Waals surface area contributed by atoms with Crippen molar-refractivity contribution >= 4 is 11.9 Å². The van der Waals surface area contributed by atoms with Gasteiger partial charge in [-0.1, -0.05) is 12.2 Å². The fourth-order valence-electron chi connectivity index (χ4n) is 2.07. The van der Waals surface area contributed by atoms with Crippen molar-refractivity contribution in [1.29, 1.82) is 0 Å². The van der Waals surface area contributed by atoms with Gasteiger partial charge in [0.15, 0.2) is 11.5 Å².